The predicted molar refractivity (Wildman–Crippen MR) is 108 cm³/mol. The second kappa shape index (κ2) is 8.37. The minimum Gasteiger partial charge on any atom is -0.478 e. The summed E-state index contributed by atoms with van der Waals surface area (Å²) in [5, 5.41) is 9.63. The summed E-state index contributed by atoms with van der Waals surface area (Å²) in [6, 6.07) is 10.8. The number of nitrogens with zero attached hydrogens (tertiary/aromatic N) is 1. The lowest BCUT2D eigenvalue weighted by molar-refractivity contribution is -0.130. The molecule has 2 heterocycles. The Hall–Kier alpha value is -1.96. The van der Waals surface area contributed by atoms with Crippen LogP contribution in [0.15, 0.2) is 40.6 Å². The van der Waals surface area contributed by atoms with Gasteiger partial charge in [-0.2, -0.15) is 4.31 Å². The van der Waals surface area contributed by atoms with E-state index in [0.29, 0.717) is 18.0 Å². The summed E-state index contributed by atoms with van der Waals surface area (Å²) in [6.07, 6.45) is 5.28. The molecular weight excluding hydrogens is 382 g/mol. The van der Waals surface area contributed by atoms with Crippen LogP contribution in [0.2, 0.25) is 0 Å². The van der Waals surface area contributed by atoms with Gasteiger partial charge in [-0.1, -0.05) is 37.6 Å². The van der Waals surface area contributed by atoms with E-state index in [4.69, 9.17) is 0 Å². The van der Waals surface area contributed by atoms with Crippen LogP contribution in [0.1, 0.15) is 42.2 Å². The maximum Gasteiger partial charge on any atom is 0.337 e. The first-order chi connectivity index (χ1) is 12.9. The highest BCUT2D eigenvalue weighted by atomic mass is 32.2. The zero-order valence-electron chi connectivity index (χ0n) is 15.2. The van der Waals surface area contributed by atoms with Gasteiger partial charge in [0.1, 0.15) is 4.21 Å². The molecule has 144 valence electrons. The Morgan fingerprint density at radius 3 is 2.37 bits per heavy atom. The molecule has 27 heavy (non-hydrogen) atoms. The van der Waals surface area contributed by atoms with E-state index in [0.717, 1.165) is 42.6 Å². The summed E-state index contributed by atoms with van der Waals surface area (Å²) < 4.78 is 27.3. The van der Waals surface area contributed by atoms with Gasteiger partial charge >= 0.3 is 5.97 Å². The van der Waals surface area contributed by atoms with Gasteiger partial charge in [0.2, 0.25) is 0 Å². The van der Waals surface area contributed by atoms with E-state index in [1.165, 1.54) is 15.9 Å². The van der Waals surface area contributed by atoms with E-state index >= 15 is 0 Å². The van der Waals surface area contributed by atoms with Crippen molar-refractivity contribution in [2.45, 2.75) is 36.8 Å². The number of thiophene rings is 1. The SMILES string of the molecule is CCc1ccc(/C=C(\C(=O)O)c2ccc(S(=O)(=O)N3CCCCC3)s2)cc1. The highest BCUT2D eigenvalue weighted by molar-refractivity contribution is 7.91. The number of piperidine rings is 1. The maximum atomic E-state index is 12.8. The zero-order valence-corrected chi connectivity index (χ0v) is 16.9. The Morgan fingerprint density at radius 2 is 1.78 bits per heavy atom. The number of carboxylic acids is 1. The number of aryl methyl sites for hydroxylation is 1. The van der Waals surface area contributed by atoms with Gasteiger partial charge in [-0.15, -0.1) is 11.3 Å². The summed E-state index contributed by atoms with van der Waals surface area (Å²) in [5.41, 5.74) is 2.05. The third-order valence-electron chi connectivity index (χ3n) is 4.69. The average molecular weight is 406 g/mol. The van der Waals surface area contributed by atoms with E-state index in [1.807, 2.05) is 24.3 Å². The minimum absolute atomic E-state index is 0.101. The standard InChI is InChI=1S/C20H23NO4S2/c1-2-15-6-8-16(9-7-15)14-17(20(22)23)18-10-11-19(26-18)27(24,25)21-12-4-3-5-13-21/h6-11,14H,2-5,12-13H2,1H3,(H,22,23)/b17-14-. The molecule has 1 N–H and O–H groups in total. The van der Waals surface area contributed by atoms with Crippen LogP contribution in [-0.2, 0) is 21.2 Å². The Morgan fingerprint density at radius 1 is 1.11 bits per heavy atom. The molecule has 0 aliphatic carbocycles. The number of carboxylic acid groups (broad SMARTS) is 1. The fraction of sp³-hybridized carbons (Fsp3) is 0.350. The Kier molecular flexibility index (Phi) is 6.14. The first kappa shape index (κ1) is 19.8. The number of hydrogen-bond acceptors (Lipinski definition) is 4. The van der Waals surface area contributed by atoms with Crippen LogP contribution in [-0.4, -0.2) is 36.9 Å². The molecule has 1 aromatic carbocycles. The molecule has 1 aliphatic heterocycles. The van der Waals surface area contributed by atoms with Crippen LogP contribution in [0.5, 0.6) is 0 Å². The summed E-state index contributed by atoms with van der Waals surface area (Å²) >= 11 is 1.02. The topological polar surface area (TPSA) is 74.7 Å². The lowest BCUT2D eigenvalue weighted by atomic mass is 10.1. The summed E-state index contributed by atoms with van der Waals surface area (Å²) in [7, 11) is -3.55. The number of benzene rings is 1. The van der Waals surface area contributed by atoms with Crippen molar-refractivity contribution in [3.05, 3.63) is 52.4 Å². The van der Waals surface area contributed by atoms with E-state index < -0.39 is 16.0 Å². The van der Waals surface area contributed by atoms with Gasteiger partial charge in [0, 0.05) is 18.0 Å². The van der Waals surface area contributed by atoms with Crippen LogP contribution in [0.3, 0.4) is 0 Å². The number of aliphatic carboxylic acids is 1. The van der Waals surface area contributed by atoms with Gasteiger partial charge in [-0.05, 0) is 48.6 Å². The van der Waals surface area contributed by atoms with Crippen LogP contribution in [0.4, 0.5) is 0 Å². The lowest BCUT2D eigenvalue weighted by Crippen LogP contribution is -2.35. The summed E-state index contributed by atoms with van der Waals surface area (Å²) in [5.74, 6) is -1.07. The smallest absolute Gasteiger partial charge is 0.337 e. The van der Waals surface area contributed by atoms with Crippen molar-refractivity contribution in [1.29, 1.82) is 0 Å². The molecule has 5 nitrogen and oxygen atoms in total. The van der Waals surface area contributed by atoms with Gasteiger partial charge in [0.05, 0.1) is 5.57 Å². The average Bonchev–Trinajstić information content (AvgIpc) is 3.17. The van der Waals surface area contributed by atoms with Gasteiger partial charge in [-0.25, -0.2) is 13.2 Å². The molecule has 0 bridgehead atoms. The highest BCUT2D eigenvalue weighted by Gasteiger charge is 2.28. The minimum atomic E-state index is -3.55. The molecule has 1 aromatic heterocycles. The number of sulfonamides is 1. The van der Waals surface area contributed by atoms with Crippen LogP contribution in [0.25, 0.3) is 11.6 Å². The second-order valence-corrected chi connectivity index (χ2v) is 9.79. The third kappa shape index (κ3) is 4.48. The van der Waals surface area contributed by atoms with Crippen LogP contribution in [0, 0.1) is 0 Å². The van der Waals surface area contributed by atoms with Crippen molar-refractivity contribution in [3.63, 3.8) is 0 Å². The molecule has 0 radical (unpaired) electrons. The predicted octanol–water partition coefficient (Wildman–Crippen LogP) is 4.11. The first-order valence-corrected chi connectivity index (χ1v) is 11.3. The fourth-order valence-electron chi connectivity index (χ4n) is 3.09. The van der Waals surface area contributed by atoms with Crippen molar-refractivity contribution in [2.24, 2.45) is 0 Å². The molecular formula is C20H23NO4S2. The molecule has 1 fully saturated rings. The highest BCUT2D eigenvalue weighted by Crippen LogP contribution is 2.32. The van der Waals surface area contributed by atoms with E-state index in [1.54, 1.807) is 12.1 Å². The number of carbonyl (C=O) groups is 1. The zero-order chi connectivity index (χ0) is 19.4. The van der Waals surface area contributed by atoms with Gasteiger partial charge in [-0.3, -0.25) is 0 Å². The Bertz CT molecular complexity index is 937. The van der Waals surface area contributed by atoms with E-state index in [-0.39, 0.29) is 9.78 Å². The molecule has 0 atom stereocenters. The van der Waals surface area contributed by atoms with Crippen molar-refractivity contribution in [2.75, 3.05) is 13.1 Å². The Labute approximate surface area is 164 Å². The molecule has 7 heteroatoms. The molecule has 3 rings (SSSR count). The monoisotopic (exact) mass is 405 g/mol. The normalized spacial score (nSPS) is 16.4. The van der Waals surface area contributed by atoms with Crippen molar-refractivity contribution >= 4 is 39.0 Å². The molecule has 2 aromatic rings. The molecule has 0 saturated carbocycles. The van der Waals surface area contributed by atoms with Crippen molar-refractivity contribution < 1.29 is 18.3 Å². The quantitative estimate of drug-likeness (QED) is 0.734. The van der Waals surface area contributed by atoms with Crippen LogP contribution < -0.4 is 0 Å². The van der Waals surface area contributed by atoms with Gasteiger partial charge in [0.15, 0.2) is 0 Å². The fourth-order valence-corrected chi connectivity index (χ4v) is 6.08. The molecule has 1 saturated heterocycles. The molecule has 0 spiro atoms. The first-order valence-electron chi connectivity index (χ1n) is 9.06. The van der Waals surface area contributed by atoms with Gasteiger partial charge < -0.3 is 5.11 Å². The van der Waals surface area contributed by atoms with E-state index in [9.17, 15) is 18.3 Å². The van der Waals surface area contributed by atoms with Crippen molar-refractivity contribution in [3.8, 4) is 0 Å². The number of rotatable bonds is 6. The third-order valence-corrected chi connectivity index (χ3v) is 8.17. The molecule has 1 aliphatic rings. The van der Waals surface area contributed by atoms with Gasteiger partial charge in [0.25, 0.3) is 10.0 Å². The lowest BCUT2D eigenvalue weighted by Gasteiger charge is -2.25. The maximum absolute atomic E-state index is 12.8. The second-order valence-electron chi connectivity index (χ2n) is 6.54. The summed E-state index contributed by atoms with van der Waals surface area (Å²) in [4.78, 5) is 12.2. The Balaban J connectivity index is 1.91. The van der Waals surface area contributed by atoms with Crippen molar-refractivity contribution in [1.82, 2.24) is 4.31 Å². The van der Waals surface area contributed by atoms with Crippen LogP contribution >= 0.6 is 11.3 Å². The molecule has 0 unspecified atom stereocenters. The number of hydrogen-bond donors (Lipinski definition) is 1. The largest absolute Gasteiger partial charge is 0.478 e. The molecule has 0 amide bonds. The van der Waals surface area contributed by atoms with E-state index in [2.05, 4.69) is 6.92 Å². The summed E-state index contributed by atoms with van der Waals surface area (Å²) in [6.45, 7) is 3.12.